The monoisotopic (exact) mass is 772 g/mol. The van der Waals surface area contributed by atoms with Gasteiger partial charge in [0.15, 0.2) is 5.96 Å². The maximum Gasteiger partial charge on any atom is 0.326 e. The molecule has 1 aromatic carbocycles. The van der Waals surface area contributed by atoms with Crippen LogP contribution in [0, 0.1) is 5.92 Å². The van der Waals surface area contributed by atoms with Crippen molar-refractivity contribution in [3.8, 4) is 5.75 Å². The number of aliphatic carboxylic acids is 1. The van der Waals surface area contributed by atoms with Crippen LogP contribution in [0.2, 0.25) is 0 Å². The van der Waals surface area contributed by atoms with Gasteiger partial charge in [0.05, 0.1) is 6.04 Å². The smallest absolute Gasteiger partial charge is 0.326 e. The van der Waals surface area contributed by atoms with Crippen LogP contribution in [0.25, 0.3) is 0 Å². The van der Waals surface area contributed by atoms with Gasteiger partial charge in [-0.05, 0) is 81.5 Å². The molecule has 18 nitrogen and oxygen atoms in total. The molecule has 306 valence electrons. The van der Waals surface area contributed by atoms with Gasteiger partial charge >= 0.3 is 5.97 Å². The first kappa shape index (κ1) is 44.4. The van der Waals surface area contributed by atoms with Gasteiger partial charge in [-0.3, -0.25) is 29.0 Å². The van der Waals surface area contributed by atoms with Gasteiger partial charge in [-0.1, -0.05) is 38.8 Å². The molecule has 0 bridgehead atoms. The summed E-state index contributed by atoms with van der Waals surface area (Å²) in [6.07, 6.45) is 4.44. The molecule has 0 radical (unpaired) electrons. The average molecular weight is 773 g/mol. The Morgan fingerprint density at radius 3 is 1.98 bits per heavy atom. The molecule has 0 aliphatic carbocycles. The zero-order valence-electron chi connectivity index (χ0n) is 32.0. The van der Waals surface area contributed by atoms with E-state index in [1.807, 2.05) is 6.92 Å². The first-order chi connectivity index (χ1) is 26.2. The molecule has 0 unspecified atom stereocenters. The Balaban J connectivity index is 1.77. The molecule has 0 spiro atoms. The van der Waals surface area contributed by atoms with Crippen molar-refractivity contribution in [1.82, 2.24) is 25.8 Å². The molecule has 2 aliphatic heterocycles. The van der Waals surface area contributed by atoms with Gasteiger partial charge in [0.25, 0.3) is 0 Å². The van der Waals surface area contributed by atoms with Crippen molar-refractivity contribution in [2.75, 3.05) is 26.2 Å². The molecule has 5 amide bonds. The van der Waals surface area contributed by atoms with Crippen LogP contribution in [-0.2, 0) is 35.2 Å². The molecule has 2 saturated heterocycles. The average Bonchev–Trinajstić information content (AvgIpc) is 3.86. The number of aliphatic imine (C=N–C) groups is 1. The van der Waals surface area contributed by atoms with Crippen molar-refractivity contribution in [2.24, 2.45) is 33.8 Å². The van der Waals surface area contributed by atoms with Crippen LogP contribution < -0.4 is 38.9 Å². The molecule has 0 saturated carbocycles. The van der Waals surface area contributed by atoms with E-state index in [1.165, 1.54) is 21.9 Å². The third-order valence-electron chi connectivity index (χ3n) is 10.3. The molecular weight excluding hydrogens is 712 g/mol. The number of guanidine groups is 1. The number of hydrogen-bond donors (Lipinski definition) is 9. The van der Waals surface area contributed by atoms with Gasteiger partial charge in [-0.25, -0.2) is 4.79 Å². The van der Waals surface area contributed by atoms with Crippen molar-refractivity contribution in [3.63, 3.8) is 0 Å². The third kappa shape index (κ3) is 13.1. The minimum Gasteiger partial charge on any atom is -0.508 e. The lowest BCUT2D eigenvalue weighted by Gasteiger charge is -2.33. The second kappa shape index (κ2) is 21.8. The molecule has 55 heavy (non-hydrogen) atoms. The lowest BCUT2D eigenvalue weighted by Crippen LogP contribution is -2.60. The summed E-state index contributed by atoms with van der Waals surface area (Å²) in [5.74, 6) is -4.40. The predicted molar refractivity (Wildman–Crippen MR) is 205 cm³/mol. The van der Waals surface area contributed by atoms with Crippen molar-refractivity contribution in [2.45, 2.75) is 121 Å². The Kier molecular flexibility index (Phi) is 17.6. The normalized spacial score (nSPS) is 19.4. The topological polar surface area (TPSA) is 302 Å². The fraction of sp³-hybridized carbons (Fsp3) is 0.649. The van der Waals surface area contributed by atoms with Gasteiger partial charge in [0.2, 0.25) is 29.5 Å². The van der Waals surface area contributed by atoms with E-state index < -0.39 is 65.8 Å². The summed E-state index contributed by atoms with van der Waals surface area (Å²) in [4.78, 5) is 87.6. The Bertz CT molecular complexity index is 1500. The fourth-order valence-electron chi connectivity index (χ4n) is 6.94. The largest absolute Gasteiger partial charge is 0.508 e. The number of amides is 5. The van der Waals surface area contributed by atoms with E-state index in [0.29, 0.717) is 70.0 Å². The summed E-state index contributed by atoms with van der Waals surface area (Å²) < 4.78 is 0. The van der Waals surface area contributed by atoms with Crippen LogP contribution in [0.15, 0.2) is 29.3 Å². The number of likely N-dealkylation sites (tertiary alicyclic amines) is 2. The van der Waals surface area contributed by atoms with Crippen molar-refractivity contribution >= 4 is 41.5 Å². The van der Waals surface area contributed by atoms with Gasteiger partial charge in [-0.2, -0.15) is 0 Å². The highest BCUT2D eigenvalue weighted by atomic mass is 16.4. The summed E-state index contributed by atoms with van der Waals surface area (Å²) >= 11 is 0. The van der Waals surface area contributed by atoms with E-state index in [1.54, 1.807) is 19.1 Å². The number of carbonyl (C=O) groups is 6. The van der Waals surface area contributed by atoms with Crippen LogP contribution in [-0.4, -0.2) is 124 Å². The molecule has 3 rings (SSSR count). The second-order valence-electron chi connectivity index (χ2n) is 14.4. The van der Waals surface area contributed by atoms with E-state index in [9.17, 15) is 39.0 Å². The number of carbonyl (C=O) groups excluding carboxylic acids is 5. The minimum absolute atomic E-state index is 0.0184. The summed E-state index contributed by atoms with van der Waals surface area (Å²) in [5.41, 5.74) is 23.3. The summed E-state index contributed by atoms with van der Waals surface area (Å²) in [6, 6.07) is -0.118. The zero-order chi connectivity index (χ0) is 40.7. The number of unbranched alkanes of at least 4 members (excludes halogenated alkanes) is 1. The number of nitrogens with zero attached hydrogens (tertiary/aromatic N) is 3. The number of carboxylic acid groups (broad SMARTS) is 1. The Hall–Kier alpha value is -4.97. The van der Waals surface area contributed by atoms with Crippen molar-refractivity contribution < 1.29 is 39.0 Å². The lowest BCUT2D eigenvalue weighted by molar-refractivity contribution is -0.145. The van der Waals surface area contributed by atoms with E-state index in [0.717, 1.165) is 6.42 Å². The molecule has 18 heteroatoms. The van der Waals surface area contributed by atoms with Crippen LogP contribution >= 0.6 is 0 Å². The number of rotatable bonds is 21. The highest BCUT2D eigenvalue weighted by Crippen LogP contribution is 2.23. The SMILES string of the molecule is CC[C@H](C)[C@H](NC(=O)[C@H](CCCN=C(N)N)NC(=O)[C@@H]1CCCN1C(=O)[C@@H](N)CCCCN)C(=O)N1CCC[C@H]1C(=O)N[C@@H](Cc1ccc(O)cc1)C(=O)O. The molecule has 7 atom stereocenters. The van der Waals surface area contributed by atoms with Crippen LogP contribution in [0.1, 0.15) is 83.6 Å². The summed E-state index contributed by atoms with van der Waals surface area (Å²) in [6.45, 7) is 4.87. The Morgan fingerprint density at radius 1 is 0.855 bits per heavy atom. The maximum atomic E-state index is 14.2. The van der Waals surface area contributed by atoms with E-state index in [2.05, 4.69) is 20.9 Å². The molecule has 0 aromatic heterocycles. The number of carboxylic acids is 1. The van der Waals surface area contributed by atoms with Crippen LogP contribution in [0.5, 0.6) is 5.75 Å². The maximum absolute atomic E-state index is 14.2. The lowest BCUT2D eigenvalue weighted by atomic mass is 9.96. The highest BCUT2D eigenvalue weighted by Gasteiger charge is 2.42. The number of nitrogens with two attached hydrogens (primary N) is 4. The number of phenolic OH excluding ortho intramolecular Hbond substituents is 1. The molecule has 13 N–H and O–H groups in total. The Labute approximate surface area is 322 Å². The second-order valence-corrected chi connectivity index (χ2v) is 14.4. The van der Waals surface area contributed by atoms with Gasteiger partial charge < -0.3 is 58.9 Å². The number of hydrogen-bond acceptors (Lipinski definition) is 10. The summed E-state index contributed by atoms with van der Waals surface area (Å²) in [5, 5.41) is 27.7. The van der Waals surface area contributed by atoms with E-state index >= 15 is 0 Å². The summed E-state index contributed by atoms with van der Waals surface area (Å²) in [7, 11) is 0. The van der Waals surface area contributed by atoms with E-state index in [4.69, 9.17) is 22.9 Å². The quantitative estimate of drug-likeness (QED) is 0.0414. The van der Waals surface area contributed by atoms with Crippen LogP contribution in [0.4, 0.5) is 0 Å². The number of phenols is 1. The predicted octanol–water partition coefficient (Wildman–Crippen LogP) is -0.988. The molecule has 1 aromatic rings. The number of aromatic hydroxyl groups is 1. The van der Waals surface area contributed by atoms with Gasteiger partial charge in [0, 0.05) is 26.1 Å². The van der Waals surface area contributed by atoms with Gasteiger partial charge in [0.1, 0.15) is 36.0 Å². The molecule has 2 fully saturated rings. The first-order valence-electron chi connectivity index (χ1n) is 19.2. The fourth-order valence-corrected chi connectivity index (χ4v) is 6.94. The Morgan fingerprint density at radius 2 is 1.44 bits per heavy atom. The molecular formula is C37H60N10O8. The first-order valence-corrected chi connectivity index (χ1v) is 19.2. The zero-order valence-corrected chi connectivity index (χ0v) is 32.0. The van der Waals surface area contributed by atoms with E-state index in [-0.39, 0.29) is 49.5 Å². The highest BCUT2D eigenvalue weighted by molar-refractivity contribution is 5.97. The molecule has 2 heterocycles. The van der Waals surface area contributed by atoms with Gasteiger partial charge in [-0.15, -0.1) is 0 Å². The van der Waals surface area contributed by atoms with Crippen LogP contribution in [0.3, 0.4) is 0 Å². The standard InChI is InChI=1S/C37H60N10O8/c1-3-22(2)30(35(53)47-20-8-12-29(47)33(51)44-27(36(54)55)21-23-13-15-24(48)16-14-23)45-31(49)26(10-6-18-42-37(40)41)43-32(50)28-11-7-19-46(28)34(52)25(39)9-4-5-17-38/h13-16,22,25-30,48H,3-12,17-21,38-39H2,1-2H3,(H,43,50)(H,44,51)(H,45,49)(H,54,55)(H4,40,41,42)/t22-,25-,26-,27-,28-,29-,30-/m0/s1. The number of nitrogens with one attached hydrogen (secondary N) is 3. The number of benzene rings is 1. The third-order valence-corrected chi connectivity index (χ3v) is 10.3. The molecule has 2 aliphatic rings. The minimum atomic E-state index is -1.29. The van der Waals surface area contributed by atoms with Crippen molar-refractivity contribution in [3.05, 3.63) is 29.8 Å². The van der Waals surface area contributed by atoms with Crippen molar-refractivity contribution in [1.29, 1.82) is 0 Å².